The van der Waals surface area contributed by atoms with Gasteiger partial charge < -0.3 is 9.47 Å². The summed E-state index contributed by atoms with van der Waals surface area (Å²) >= 11 is 0. The molecule has 0 N–H and O–H groups in total. The summed E-state index contributed by atoms with van der Waals surface area (Å²) in [6.07, 6.45) is 0. The van der Waals surface area contributed by atoms with E-state index in [0.717, 1.165) is 17.1 Å². The van der Waals surface area contributed by atoms with Gasteiger partial charge in [0.05, 0.1) is 16.7 Å². The summed E-state index contributed by atoms with van der Waals surface area (Å²) in [5.41, 5.74) is 18.8. The molecule has 2 heteroatoms. The number of para-hydroxylation sites is 3. The fourth-order valence-electron chi connectivity index (χ4n) is 9.74. The lowest BCUT2D eigenvalue weighted by Crippen LogP contribution is -2.09. The SMILES string of the molecule is c1ccc(-c2ccc(-c3ccc(N(c4ccc(-c5ccc(-c6ccccc6-n6c7ccccc7c7ccccc76)cc5)cc4)c4ccc(-c5cccc6ccccc56)cc4)cc3)cc2)cc1. The summed E-state index contributed by atoms with van der Waals surface area (Å²) in [7, 11) is 0. The molecule has 0 aliphatic rings. The molecule has 11 aromatic carbocycles. The first-order valence-corrected chi connectivity index (χ1v) is 22.7. The van der Waals surface area contributed by atoms with E-state index in [1.54, 1.807) is 0 Å². The van der Waals surface area contributed by atoms with E-state index >= 15 is 0 Å². The van der Waals surface area contributed by atoms with Crippen LogP contribution in [0.25, 0.3) is 93.9 Å². The largest absolute Gasteiger partial charge is 0.311 e. The number of nitrogens with zero attached hydrogens (tertiary/aromatic N) is 2. The number of fused-ring (bicyclic) bond motifs is 4. The molecule has 0 aliphatic carbocycles. The summed E-state index contributed by atoms with van der Waals surface area (Å²) < 4.78 is 2.41. The van der Waals surface area contributed by atoms with Gasteiger partial charge in [0.1, 0.15) is 0 Å². The van der Waals surface area contributed by atoms with Crippen LogP contribution in [0.2, 0.25) is 0 Å². The third-order valence-corrected chi connectivity index (χ3v) is 13.1. The Morgan fingerprint density at radius 3 is 1.12 bits per heavy atom. The molecule has 12 aromatic rings. The molecule has 1 aromatic heterocycles. The fraction of sp³-hybridized carbons (Fsp3) is 0. The van der Waals surface area contributed by atoms with Crippen LogP contribution in [0.3, 0.4) is 0 Å². The van der Waals surface area contributed by atoms with Crippen molar-refractivity contribution < 1.29 is 0 Å². The van der Waals surface area contributed by atoms with Crippen LogP contribution >= 0.6 is 0 Å². The molecule has 2 nitrogen and oxygen atoms in total. The number of hydrogen-bond donors (Lipinski definition) is 0. The molecule has 1 heterocycles. The Morgan fingerprint density at radius 1 is 0.227 bits per heavy atom. The second kappa shape index (κ2) is 16.8. The Hall–Kier alpha value is -8.72. The minimum atomic E-state index is 1.09. The lowest BCUT2D eigenvalue weighted by molar-refractivity contribution is 1.18. The van der Waals surface area contributed by atoms with Crippen LogP contribution in [-0.4, -0.2) is 4.57 Å². The van der Waals surface area contributed by atoms with Gasteiger partial charge in [0.15, 0.2) is 0 Å². The highest BCUT2D eigenvalue weighted by atomic mass is 15.1. The molecule has 0 saturated heterocycles. The van der Waals surface area contributed by atoms with E-state index in [1.807, 2.05) is 0 Å². The first-order valence-electron chi connectivity index (χ1n) is 22.7. The first-order chi connectivity index (χ1) is 32.7. The minimum Gasteiger partial charge on any atom is -0.311 e. The van der Waals surface area contributed by atoms with Gasteiger partial charge in [-0.1, -0.05) is 212 Å². The van der Waals surface area contributed by atoms with Crippen molar-refractivity contribution in [3.63, 3.8) is 0 Å². The molecule has 0 aliphatic heterocycles. The van der Waals surface area contributed by atoms with Gasteiger partial charge in [-0.2, -0.15) is 0 Å². The van der Waals surface area contributed by atoms with Crippen LogP contribution in [0.5, 0.6) is 0 Å². The van der Waals surface area contributed by atoms with Gasteiger partial charge >= 0.3 is 0 Å². The Bertz CT molecular complexity index is 3580. The lowest BCUT2D eigenvalue weighted by Gasteiger charge is -2.26. The molecule has 0 amide bonds. The van der Waals surface area contributed by atoms with Crippen molar-refractivity contribution in [1.82, 2.24) is 4.57 Å². The highest BCUT2D eigenvalue weighted by molar-refractivity contribution is 6.09. The van der Waals surface area contributed by atoms with Crippen molar-refractivity contribution >= 4 is 49.6 Å². The second-order valence-corrected chi connectivity index (χ2v) is 16.9. The number of benzene rings is 11. The van der Waals surface area contributed by atoms with E-state index in [9.17, 15) is 0 Å². The Balaban J connectivity index is 0.870. The highest BCUT2D eigenvalue weighted by Crippen LogP contribution is 2.40. The van der Waals surface area contributed by atoms with Gasteiger partial charge in [-0.15, -0.1) is 0 Å². The molecule has 310 valence electrons. The molecule has 0 atom stereocenters. The molecule has 12 rings (SSSR count). The monoisotopic (exact) mass is 840 g/mol. The lowest BCUT2D eigenvalue weighted by atomic mass is 9.97. The molecule has 0 radical (unpaired) electrons. The zero-order chi connectivity index (χ0) is 43.8. The Morgan fingerprint density at radius 2 is 0.576 bits per heavy atom. The number of anilines is 3. The predicted molar refractivity (Wildman–Crippen MR) is 280 cm³/mol. The van der Waals surface area contributed by atoms with Crippen LogP contribution < -0.4 is 4.90 Å². The summed E-state index contributed by atoms with van der Waals surface area (Å²) in [6, 6.07) is 96.7. The average molecular weight is 841 g/mol. The van der Waals surface area contributed by atoms with Crippen LogP contribution in [0.1, 0.15) is 0 Å². The average Bonchev–Trinajstić information content (AvgIpc) is 3.74. The van der Waals surface area contributed by atoms with Gasteiger partial charge in [0, 0.05) is 33.4 Å². The van der Waals surface area contributed by atoms with Gasteiger partial charge in [-0.25, -0.2) is 0 Å². The maximum absolute atomic E-state index is 2.41. The summed E-state index contributed by atoms with van der Waals surface area (Å²) in [6.45, 7) is 0. The molecular formula is C64H44N2. The quantitative estimate of drug-likeness (QED) is 0.141. The standard InChI is InChI=1S/C64H44N2/c1-2-13-45(14-3-1)46-25-27-47(28-26-46)49-33-39-54(40-34-49)65(56-43-37-52(38-44-56)58-21-12-16-51-15-4-5-17-57(51)58)55-41-35-50(36-42-55)48-29-31-53(32-30-48)59-18-6-9-22-62(59)66-63-23-10-7-19-60(63)61-20-8-11-24-64(61)66/h1-44H. The molecule has 0 fully saturated rings. The van der Waals surface area contributed by atoms with Crippen molar-refractivity contribution in [3.8, 4) is 61.3 Å². The Labute approximate surface area is 385 Å². The van der Waals surface area contributed by atoms with E-state index < -0.39 is 0 Å². The molecule has 0 spiro atoms. The van der Waals surface area contributed by atoms with Gasteiger partial charge in [0.2, 0.25) is 0 Å². The topological polar surface area (TPSA) is 8.17 Å². The van der Waals surface area contributed by atoms with Crippen molar-refractivity contribution in [2.75, 3.05) is 4.90 Å². The molecule has 0 saturated carbocycles. The Kier molecular flexibility index (Phi) is 9.89. The van der Waals surface area contributed by atoms with E-state index in [1.165, 1.54) is 93.9 Å². The molecule has 66 heavy (non-hydrogen) atoms. The van der Waals surface area contributed by atoms with Gasteiger partial charge in [0.25, 0.3) is 0 Å². The second-order valence-electron chi connectivity index (χ2n) is 16.9. The molecule has 0 unspecified atom stereocenters. The minimum absolute atomic E-state index is 1.09. The van der Waals surface area contributed by atoms with Crippen molar-refractivity contribution in [3.05, 3.63) is 267 Å². The van der Waals surface area contributed by atoms with E-state index in [4.69, 9.17) is 0 Å². The van der Waals surface area contributed by atoms with Crippen LogP contribution in [0.15, 0.2) is 267 Å². The van der Waals surface area contributed by atoms with E-state index in [0.29, 0.717) is 0 Å². The van der Waals surface area contributed by atoms with E-state index in [-0.39, 0.29) is 0 Å². The fourth-order valence-corrected chi connectivity index (χ4v) is 9.74. The van der Waals surface area contributed by atoms with E-state index in [2.05, 4.69) is 276 Å². The summed E-state index contributed by atoms with van der Waals surface area (Å²) in [4.78, 5) is 2.35. The maximum Gasteiger partial charge on any atom is 0.0541 e. The summed E-state index contributed by atoms with van der Waals surface area (Å²) in [5, 5.41) is 5.03. The predicted octanol–water partition coefficient (Wildman–Crippen LogP) is 17.7. The van der Waals surface area contributed by atoms with Crippen LogP contribution in [-0.2, 0) is 0 Å². The highest BCUT2D eigenvalue weighted by Gasteiger charge is 2.17. The van der Waals surface area contributed by atoms with Crippen LogP contribution in [0, 0.1) is 0 Å². The first kappa shape index (κ1) is 38.9. The van der Waals surface area contributed by atoms with Crippen molar-refractivity contribution in [2.45, 2.75) is 0 Å². The van der Waals surface area contributed by atoms with Gasteiger partial charge in [-0.3, -0.25) is 0 Å². The zero-order valence-corrected chi connectivity index (χ0v) is 36.3. The third kappa shape index (κ3) is 7.12. The van der Waals surface area contributed by atoms with Gasteiger partial charge in [-0.05, 0) is 115 Å². The zero-order valence-electron chi connectivity index (χ0n) is 36.3. The number of rotatable bonds is 9. The normalized spacial score (nSPS) is 11.3. The van der Waals surface area contributed by atoms with Crippen LogP contribution in [0.4, 0.5) is 17.1 Å². The number of aromatic nitrogens is 1. The van der Waals surface area contributed by atoms with Crippen molar-refractivity contribution in [2.24, 2.45) is 0 Å². The molecular weight excluding hydrogens is 797 g/mol. The third-order valence-electron chi connectivity index (χ3n) is 13.1. The smallest absolute Gasteiger partial charge is 0.0541 e. The summed E-state index contributed by atoms with van der Waals surface area (Å²) in [5.74, 6) is 0. The number of hydrogen-bond acceptors (Lipinski definition) is 1. The van der Waals surface area contributed by atoms with Crippen molar-refractivity contribution in [1.29, 1.82) is 0 Å². The molecule has 0 bridgehead atoms. The maximum atomic E-state index is 2.41.